The van der Waals surface area contributed by atoms with E-state index in [-0.39, 0.29) is 0 Å². The van der Waals surface area contributed by atoms with Crippen LogP contribution in [-0.4, -0.2) is 9.97 Å². The number of H-pyrrole nitrogens is 1. The van der Waals surface area contributed by atoms with Gasteiger partial charge in [0, 0.05) is 48.2 Å². The summed E-state index contributed by atoms with van der Waals surface area (Å²) in [7, 11) is 0. The number of fused-ring (bicyclic) bond motifs is 7. The Morgan fingerprint density at radius 1 is 0.656 bits per heavy atom. The summed E-state index contributed by atoms with van der Waals surface area (Å²) >= 11 is 1.85. The van der Waals surface area contributed by atoms with Crippen molar-refractivity contribution < 1.29 is 0 Å². The van der Waals surface area contributed by atoms with Crippen LogP contribution in [0, 0.1) is 0 Å². The van der Waals surface area contributed by atoms with Gasteiger partial charge in [0.25, 0.3) is 0 Å². The minimum Gasteiger partial charge on any atom is -0.354 e. The van der Waals surface area contributed by atoms with Crippen molar-refractivity contribution in [2.24, 2.45) is 0 Å². The van der Waals surface area contributed by atoms with Crippen LogP contribution in [0.1, 0.15) is 0 Å². The van der Waals surface area contributed by atoms with Crippen LogP contribution in [-0.2, 0) is 0 Å². The summed E-state index contributed by atoms with van der Waals surface area (Å²) in [5.41, 5.74) is 7.03. The normalized spacial score (nSPS) is 11.8. The van der Waals surface area contributed by atoms with E-state index in [4.69, 9.17) is 4.98 Å². The lowest BCUT2D eigenvalue weighted by atomic mass is 10.0. The molecule has 0 bridgehead atoms. The molecule has 7 aromatic rings. The van der Waals surface area contributed by atoms with Crippen molar-refractivity contribution in [3.05, 3.63) is 103 Å². The molecule has 0 atom stereocenters. The van der Waals surface area contributed by atoms with E-state index in [1.165, 1.54) is 53.2 Å². The average molecular weight is 427 g/mol. The molecule has 0 saturated heterocycles. The SMILES string of the molecule is c1ccc(-c2ccc3c(c2)[nH]c2c3cc(-c3ccccn3)c3sc4ccccc4c32)cc1. The number of nitrogens with zero attached hydrogens (tertiary/aromatic N) is 1. The Labute approximate surface area is 188 Å². The van der Waals surface area contributed by atoms with Crippen LogP contribution in [0.2, 0.25) is 0 Å². The van der Waals surface area contributed by atoms with Gasteiger partial charge >= 0.3 is 0 Å². The van der Waals surface area contributed by atoms with E-state index >= 15 is 0 Å². The fourth-order valence-electron chi connectivity index (χ4n) is 4.78. The molecule has 4 aromatic carbocycles. The van der Waals surface area contributed by atoms with E-state index in [9.17, 15) is 0 Å². The van der Waals surface area contributed by atoms with Crippen LogP contribution in [0.3, 0.4) is 0 Å². The number of rotatable bonds is 2. The zero-order valence-electron chi connectivity index (χ0n) is 17.2. The van der Waals surface area contributed by atoms with Gasteiger partial charge in [0.1, 0.15) is 0 Å². The first-order valence-corrected chi connectivity index (χ1v) is 11.5. The van der Waals surface area contributed by atoms with Gasteiger partial charge in [-0.2, -0.15) is 0 Å². The maximum Gasteiger partial charge on any atom is 0.0716 e. The third-order valence-electron chi connectivity index (χ3n) is 6.27. The van der Waals surface area contributed by atoms with Crippen molar-refractivity contribution in [3.63, 3.8) is 0 Å². The van der Waals surface area contributed by atoms with Gasteiger partial charge in [-0.3, -0.25) is 4.98 Å². The molecule has 0 unspecified atom stereocenters. The van der Waals surface area contributed by atoms with Crippen molar-refractivity contribution in [2.75, 3.05) is 0 Å². The van der Waals surface area contributed by atoms with Gasteiger partial charge in [0.05, 0.1) is 11.2 Å². The smallest absolute Gasteiger partial charge is 0.0716 e. The van der Waals surface area contributed by atoms with E-state index in [2.05, 4.69) is 96.0 Å². The predicted molar refractivity (Wildman–Crippen MR) is 137 cm³/mol. The van der Waals surface area contributed by atoms with Crippen LogP contribution in [0.25, 0.3) is 64.4 Å². The number of aromatic nitrogens is 2. The molecule has 0 saturated carbocycles. The fourth-order valence-corrected chi connectivity index (χ4v) is 6.02. The lowest BCUT2D eigenvalue weighted by molar-refractivity contribution is 1.34. The Balaban J connectivity index is 1.62. The van der Waals surface area contributed by atoms with Crippen LogP contribution < -0.4 is 0 Å². The number of nitrogens with one attached hydrogen (secondary N) is 1. The van der Waals surface area contributed by atoms with Gasteiger partial charge in [-0.1, -0.05) is 66.7 Å². The average Bonchev–Trinajstić information content (AvgIpc) is 3.42. The molecule has 0 radical (unpaired) electrons. The van der Waals surface area contributed by atoms with Gasteiger partial charge in [-0.25, -0.2) is 0 Å². The molecule has 0 aliphatic rings. The lowest BCUT2D eigenvalue weighted by Gasteiger charge is -2.05. The van der Waals surface area contributed by atoms with Gasteiger partial charge in [0.2, 0.25) is 0 Å². The number of benzene rings is 4. The Morgan fingerprint density at radius 2 is 1.50 bits per heavy atom. The summed E-state index contributed by atoms with van der Waals surface area (Å²) in [5, 5.41) is 5.08. The summed E-state index contributed by atoms with van der Waals surface area (Å²) in [6.45, 7) is 0. The molecule has 0 amide bonds. The van der Waals surface area contributed by atoms with Gasteiger partial charge < -0.3 is 4.98 Å². The lowest BCUT2D eigenvalue weighted by Crippen LogP contribution is -1.83. The fraction of sp³-hybridized carbons (Fsp3) is 0. The van der Waals surface area contributed by atoms with Crippen molar-refractivity contribution in [3.8, 4) is 22.4 Å². The van der Waals surface area contributed by atoms with Crippen LogP contribution in [0.4, 0.5) is 0 Å². The minimum absolute atomic E-state index is 1.02. The van der Waals surface area contributed by atoms with Crippen molar-refractivity contribution in [1.82, 2.24) is 9.97 Å². The Morgan fingerprint density at radius 3 is 2.38 bits per heavy atom. The minimum atomic E-state index is 1.02. The second-order valence-corrected chi connectivity index (χ2v) is 9.17. The zero-order chi connectivity index (χ0) is 21.1. The maximum absolute atomic E-state index is 4.69. The van der Waals surface area contributed by atoms with Crippen molar-refractivity contribution in [2.45, 2.75) is 0 Å². The quantitative estimate of drug-likeness (QED) is 0.295. The van der Waals surface area contributed by atoms with Crippen molar-refractivity contribution >= 4 is 53.3 Å². The largest absolute Gasteiger partial charge is 0.354 e. The molecule has 0 spiro atoms. The molecule has 3 heterocycles. The molecular formula is C29H18N2S. The highest BCUT2D eigenvalue weighted by Gasteiger charge is 2.18. The summed E-state index contributed by atoms with van der Waals surface area (Å²) in [5.74, 6) is 0. The molecular weight excluding hydrogens is 408 g/mol. The molecule has 32 heavy (non-hydrogen) atoms. The second kappa shape index (κ2) is 6.78. The number of thiophene rings is 1. The number of aromatic amines is 1. The molecule has 2 nitrogen and oxygen atoms in total. The summed E-state index contributed by atoms with van der Waals surface area (Å²) in [6, 6.07) is 34.4. The van der Waals surface area contributed by atoms with Gasteiger partial charge in [-0.05, 0) is 41.5 Å². The Hall–Kier alpha value is -3.95. The third kappa shape index (κ3) is 2.55. The maximum atomic E-state index is 4.69. The second-order valence-electron chi connectivity index (χ2n) is 8.12. The first-order valence-electron chi connectivity index (χ1n) is 10.7. The van der Waals surface area contributed by atoms with E-state index in [1.807, 2.05) is 23.6 Å². The first-order chi connectivity index (χ1) is 15.9. The molecule has 0 aliphatic carbocycles. The molecule has 7 rings (SSSR count). The van der Waals surface area contributed by atoms with E-state index < -0.39 is 0 Å². The molecule has 0 fully saturated rings. The molecule has 1 N–H and O–H groups in total. The highest BCUT2D eigenvalue weighted by Crippen LogP contribution is 2.45. The molecule has 150 valence electrons. The van der Waals surface area contributed by atoms with Crippen LogP contribution in [0.5, 0.6) is 0 Å². The van der Waals surface area contributed by atoms with Crippen LogP contribution >= 0.6 is 11.3 Å². The standard InChI is InChI=1S/C29H18N2S/c1-2-8-18(9-3-1)19-13-14-20-22-17-23(24-11-6-7-15-30-24)29-27(28(22)31-25(20)16-19)21-10-4-5-12-26(21)32-29/h1-17,31H. The third-order valence-corrected chi connectivity index (χ3v) is 7.47. The first kappa shape index (κ1) is 17.7. The summed E-state index contributed by atoms with van der Waals surface area (Å²) < 4.78 is 2.59. The predicted octanol–water partition coefficient (Wildman–Crippen LogP) is 8.42. The van der Waals surface area contributed by atoms with E-state index in [0.29, 0.717) is 0 Å². The summed E-state index contributed by atoms with van der Waals surface area (Å²) in [4.78, 5) is 8.47. The monoisotopic (exact) mass is 426 g/mol. The highest BCUT2D eigenvalue weighted by molar-refractivity contribution is 7.26. The number of hydrogen-bond acceptors (Lipinski definition) is 2. The molecule has 3 heteroatoms. The van der Waals surface area contributed by atoms with Gasteiger partial charge in [0.15, 0.2) is 0 Å². The number of pyridine rings is 1. The molecule has 0 aliphatic heterocycles. The van der Waals surface area contributed by atoms with E-state index in [0.717, 1.165) is 11.2 Å². The topological polar surface area (TPSA) is 28.7 Å². The van der Waals surface area contributed by atoms with Crippen LogP contribution in [0.15, 0.2) is 103 Å². The van der Waals surface area contributed by atoms with E-state index in [1.54, 1.807) is 0 Å². The summed E-state index contributed by atoms with van der Waals surface area (Å²) in [6.07, 6.45) is 1.88. The van der Waals surface area contributed by atoms with Gasteiger partial charge in [-0.15, -0.1) is 11.3 Å². The highest BCUT2D eigenvalue weighted by atomic mass is 32.1. The molecule has 3 aromatic heterocycles. The Kier molecular flexibility index (Phi) is 3.75. The van der Waals surface area contributed by atoms with Crippen molar-refractivity contribution in [1.29, 1.82) is 0 Å². The number of hydrogen-bond donors (Lipinski definition) is 1. The zero-order valence-corrected chi connectivity index (χ0v) is 18.0. The Bertz CT molecular complexity index is 1760.